The maximum Gasteiger partial charge on any atom is 0.325 e. The highest BCUT2D eigenvalue weighted by Gasteiger charge is 2.49. The van der Waals surface area contributed by atoms with Crippen molar-refractivity contribution in [3.05, 3.63) is 35.4 Å². The van der Waals surface area contributed by atoms with Crippen LogP contribution < -0.4 is 10.8 Å². The molecule has 1 aliphatic heterocycles. The van der Waals surface area contributed by atoms with E-state index in [4.69, 9.17) is 4.84 Å². The van der Waals surface area contributed by atoms with Crippen molar-refractivity contribution in [3.8, 4) is 0 Å². The maximum absolute atomic E-state index is 12.6. The van der Waals surface area contributed by atoms with Crippen LogP contribution in [-0.2, 0) is 20.0 Å². The number of urea groups is 1. The summed E-state index contributed by atoms with van der Waals surface area (Å²) in [6.45, 7) is 5.19. The highest BCUT2D eigenvalue weighted by molar-refractivity contribution is 6.09. The number of hydrogen-bond acceptors (Lipinski definition) is 4. The summed E-state index contributed by atoms with van der Waals surface area (Å²) in [5, 5.41) is 2.64. The molecule has 7 heteroatoms. The van der Waals surface area contributed by atoms with E-state index < -0.39 is 23.4 Å². The molecule has 1 aliphatic rings. The Labute approximate surface area is 128 Å². The van der Waals surface area contributed by atoms with Crippen LogP contribution in [-0.4, -0.2) is 35.9 Å². The Bertz CT molecular complexity index is 599. The summed E-state index contributed by atoms with van der Waals surface area (Å²) in [4.78, 5) is 41.8. The highest BCUT2D eigenvalue weighted by atomic mass is 16.6. The quantitative estimate of drug-likeness (QED) is 0.623. The number of hydrogen-bond donors (Lipinski definition) is 2. The van der Waals surface area contributed by atoms with Crippen LogP contribution in [0.1, 0.15) is 25.0 Å². The summed E-state index contributed by atoms with van der Waals surface area (Å²) in [7, 11) is 0. The predicted octanol–water partition coefficient (Wildman–Crippen LogP) is 0.830. The second-order valence-corrected chi connectivity index (χ2v) is 5.27. The number of carbonyl (C=O) groups is 3. The van der Waals surface area contributed by atoms with Gasteiger partial charge in [-0.15, -0.1) is 0 Å². The lowest BCUT2D eigenvalue weighted by molar-refractivity contribution is -0.139. The number of benzene rings is 1. The molecule has 1 aromatic carbocycles. The van der Waals surface area contributed by atoms with E-state index in [0.717, 1.165) is 10.5 Å². The SMILES string of the molecule is CCONC(=O)CN1C(=O)N[C@@](C)(c2ccc(C)cc2)C1=O. The van der Waals surface area contributed by atoms with Crippen LogP contribution in [0.25, 0.3) is 0 Å². The van der Waals surface area contributed by atoms with Crippen molar-refractivity contribution < 1.29 is 19.2 Å². The third-order valence-electron chi connectivity index (χ3n) is 3.54. The largest absolute Gasteiger partial charge is 0.325 e. The molecule has 0 aliphatic carbocycles. The second kappa shape index (κ2) is 6.15. The van der Waals surface area contributed by atoms with Gasteiger partial charge in [0, 0.05) is 0 Å². The molecular weight excluding hydrogens is 286 g/mol. The van der Waals surface area contributed by atoms with E-state index in [2.05, 4.69) is 10.8 Å². The third kappa shape index (κ3) is 2.94. The monoisotopic (exact) mass is 305 g/mol. The number of carbonyl (C=O) groups excluding carboxylic acids is 3. The molecule has 7 nitrogen and oxygen atoms in total. The number of aryl methyl sites for hydroxylation is 1. The molecule has 0 radical (unpaired) electrons. The van der Waals surface area contributed by atoms with Gasteiger partial charge < -0.3 is 5.32 Å². The number of hydroxylamine groups is 1. The van der Waals surface area contributed by atoms with E-state index in [1.165, 1.54) is 0 Å². The molecule has 0 aromatic heterocycles. The van der Waals surface area contributed by atoms with Gasteiger partial charge in [0.2, 0.25) is 0 Å². The van der Waals surface area contributed by atoms with Crippen molar-refractivity contribution in [1.29, 1.82) is 0 Å². The van der Waals surface area contributed by atoms with Crippen molar-refractivity contribution in [1.82, 2.24) is 15.7 Å². The Hall–Kier alpha value is -2.41. The average Bonchev–Trinajstić information content (AvgIpc) is 2.70. The molecule has 22 heavy (non-hydrogen) atoms. The minimum absolute atomic E-state index is 0.299. The zero-order chi connectivity index (χ0) is 16.3. The third-order valence-corrected chi connectivity index (χ3v) is 3.54. The van der Waals surface area contributed by atoms with Gasteiger partial charge in [-0.25, -0.2) is 10.3 Å². The Balaban J connectivity index is 2.17. The van der Waals surface area contributed by atoms with Crippen molar-refractivity contribution in [3.63, 3.8) is 0 Å². The normalized spacial score (nSPS) is 21.0. The lowest BCUT2D eigenvalue weighted by atomic mass is 9.91. The molecule has 1 aromatic rings. The molecule has 1 heterocycles. The van der Waals surface area contributed by atoms with E-state index in [9.17, 15) is 14.4 Å². The first kappa shape index (κ1) is 16.0. The number of nitrogens with zero attached hydrogens (tertiary/aromatic N) is 1. The molecule has 0 bridgehead atoms. The first-order chi connectivity index (χ1) is 10.4. The molecule has 0 spiro atoms. The Morgan fingerprint density at radius 3 is 2.55 bits per heavy atom. The summed E-state index contributed by atoms with van der Waals surface area (Å²) in [6.07, 6.45) is 0. The van der Waals surface area contributed by atoms with Crippen LogP contribution >= 0.6 is 0 Å². The minimum Gasteiger partial charge on any atom is -0.319 e. The Morgan fingerprint density at radius 2 is 1.95 bits per heavy atom. The van der Waals surface area contributed by atoms with Crippen LogP contribution in [0.4, 0.5) is 4.79 Å². The van der Waals surface area contributed by atoms with Gasteiger partial charge in [-0.3, -0.25) is 19.3 Å². The molecule has 4 amide bonds. The minimum atomic E-state index is -1.17. The Kier molecular flexibility index (Phi) is 4.46. The van der Waals surface area contributed by atoms with Gasteiger partial charge in [0.1, 0.15) is 12.1 Å². The summed E-state index contributed by atoms with van der Waals surface area (Å²) in [5.74, 6) is -1.02. The van der Waals surface area contributed by atoms with Crippen molar-refractivity contribution >= 4 is 17.8 Å². The van der Waals surface area contributed by atoms with Crippen molar-refractivity contribution in [2.45, 2.75) is 26.3 Å². The standard InChI is InChI=1S/C15H19N3O4/c1-4-22-17-12(19)9-18-13(20)15(3,16-14(18)21)11-7-5-10(2)6-8-11/h5-8H,4,9H2,1-3H3,(H,16,21)(H,17,19)/t15-/m0/s1. The Morgan fingerprint density at radius 1 is 1.32 bits per heavy atom. The topological polar surface area (TPSA) is 87.7 Å². The molecule has 2 N–H and O–H groups in total. The molecule has 0 unspecified atom stereocenters. The van der Waals surface area contributed by atoms with Gasteiger partial charge in [-0.05, 0) is 26.3 Å². The van der Waals surface area contributed by atoms with Gasteiger partial charge in [-0.2, -0.15) is 0 Å². The predicted molar refractivity (Wildman–Crippen MR) is 78.5 cm³/mol. The maximum atomic E-state index is 12.6. The smallest absolute Gasteiger partial charge is 0.319 e. The molecule has 1 atom stereocenters. The first-order valence-electron chi connectivity index (χ1n) is 7.00. The fourth-order valence-electron chi connectivity index (χ4n) is 2.25. The van der Waals surface area contributed by atoms with E-state index in [1.807, 2.05) is 19.1 Å². The van der Waals surface area contributed by atoms with Crippen LogP contribution in [0.5, 0.6) is 0 Å². The van der Waals surface area contributed by atoms with Crippen LogP contribution in [0.3, 0.4) is 0 Å². The van der Waals surface area contributed by atoms with Gasteiger partial charge in [-0.1, -0.05) is 29.8 Å². The van der Waals surface area contributed by atoms with Crippen LogP contribution in [0.15, 0.2) is 24.3 Å². The van der Waals surface area contributed by atoms with Gasteiger partial charge in [0.25, 0.3) is 11.8 Å². The van der Waals surface area contributed by atoms with Crippen molar-refractivity contribution in [2.75, 3.05) is 13.2 Å². The molecule has 1 saturated heterocycles. The summed E-state index contributed by atoms with van der Waals surface area (Å²) in [5.41, 5.74) is 2.72. The van der Waals surface area contributed by atoms with Crippen molar-refractivity contribution in [2.24, 2.45) is 0 Å². The van der Waals surface area contributed by atoms with Gasteiger partial charge in [0.05, 0.1) is 6.61 Å². The van der Waals surface area contributed by atoms with E-state index in [0.29, 0.717) is 12.2 Å². The highest BCUT2D eigenvalue weighted by Crippen LogP contribution is 2.28. The fourth-order valence-corrected chi connectivity index (χ4v) is 2.25. The van der Waals surface area contributed by atoms with E-state index in [-0.39, 0.29) is 6.54 Å². The summed E-state index contributed by atoms with van der Waals surface area (Å²) >= 11 is 0. The number of imide groups is 1. The molecule has 0 saturated carbocycles. The second-order valence-electron chi connectivity index (χ2n) is 5.27. The lowest BCUT2D eigenvalue weighted by Gasteiger charge is -2.22. The van der Waals surface area contributed by atoms with Crippen LogP contribution in [0, 0.1) is 6.92 Å². The van der Waals surface area contributed by atoms with E-state index >= 15 is 0 Å². The number of nitrogens with one attached hydrogen (secondary N) is 2. The number of amides is 4. The molecule has 1 fully saturated rings. The van der Waals surface area contributed by atoms with Crippen LogP contribution in [0.2, 0.25) is 0 Å². The van der Waals surface area contributed by atoms with Gasteiger partial charge >= 0.3 is 6.03 Å². The summed E-state index contributed by atoms with van der Waals surface area (Å²) < 4.78 is 0. The average molecular weight is 305 g/mol. The zero-order valence-electron chi connectivity index (χ0n) is 12.8. The first-order valence-corrected chi connectivity index (χ1v) is 7.00. The molecule has 2 rings (SSSR count). The number of rotatable bonds is 5. The van der Waals surface area contributed by atoms with Gasteiger partial charge in [0.15, 0.2) is 0 Å². The lowest BCUT2D eigenvalue weighted by Crippen LogP contribution is -2.43. The summed E-state index contributed by atoms with van der Waals surface area (Å²) in [6, 6.07) is 6.71. The fraction of sp³-hybridized carbons (Fsp3) is 0.400. The zero-order valence-corrected chi connectivity index (χ0v) is 12.8. The van der Waals surface area contributed by atoms with E-state index in [1.54, 1.807) is 26.0 Å². The molecular formula is C15H19N3O4. The molecule has 118 valence electrons.